The Bertz CT molecular complexity index is 1060. The summed E-state index contributed by atoms with van der Waals surface area (Å²) in [5, 5.41) is 0. The molecule has 0 aliphatic rings. The summed E-state index contributed by atoms with van der Waals surface area (Å²) in [5.74, 6) is -1.63. The quantitative estimate of drug-likeness (QED) is 0.100. The first kappa shape index (κ1) is 38.9. The smallest absolute Gasteiger partial charge is 0.312 e. The monoisotopic (exact) mass is 620 g/mol. The van der Waals surface area contributed by atoms with E-state index in [9.17, 15) is 19.2 Å². The molecule has 0 saturated carbocycles. The molecule has 0 aromatic heterocycles. The number of hydrogen-bond acceptors (Lipinski definition) is 9. The van der Waals surface area contributed by atoms with E-state index in [2.05, 4.69) is 6.92 Å². The fraction of sp³-hybridized carbons (Fsp3) is 0.714. The van der Waals surface area contributed by atoms with E-state index in [0.29, 0.717) is 12.2 Å². The molecule has 9 nitrogen and oxygen atoms in total. The van der Waals surface area contributed by atoms with Gasteiger partial charge >= 0.3 is 23.9 Å². The number of ether oxygens (including phenoxy) is 5. The molecule has 0 unspecified atom stereocenters. The molecule has 0 fully saturated rings. The van der Waals surface area contributed by atoms with Crippen molar-refractivity contribution < 1.29 is 42.9 Å². The molecule has 9 heteroatoms. The van der Waals surface area contributed by atoms with Crippen LogP contribution in [0.25, 0.3) is 0 Å². The molecule has 0 aliphatic carbocycles. The third-order valence-corrected chi connectivity index (χ3v) is 9.84. The van der Waals surface area contributed by atoms with Gasteiger partial charge in [-0.1, -0.05) is 38.8 Å². The van der Waals surface area contributed by atoms with Gasteiger partial charge in [-0.2, -0.15) is 0 Å². The first-order valence-corrected chi connectivity index (χ1v) is 15.5. The Morgan fingerprint density at radius 3 is 1.36 bits per heavy atom. The van der Waals surface area contributed by atoms with E-state index < -0.39 is 51.0 Å². The normalized spacial score (nSPS) is 12.7. The first-order valence-electron chi connectivity index (χ1n) is 15.5. The lowest BCUT2D eigenvalue weighted by Gasteiger charge is -2.39. The van der Waals surface area contributed by atoms with Crippen LogP contribution in [0.1, 0.15) is 100 Å². The van der Waals surface area contributed by atoms with Gasteiger partial charge in [0.2, 0.25) is 0 Å². The second-order valence-corrected chi connectivity index (χ2v) is 13.9. The Hall–Kier alpha value is -3.10. The maximum Gasteiger partial charge on any atom is 0.312 e. The molecule has 0 atom stereocenters. The van der Waals surface area contributed by atoms with Crippen molar-refractivity contribution in [2.45, 2.75) is 101 Å². The van der Waals surface area contributed by atoms with Gasteiger partial charge in [0, 0.05) is 0 Å². The lowest BCUT2D eigenvalue weighted by Crippen LogP contribution is -2.49. The van der Waals surface area contributed by atoms with Crippen LogP contribution < -0.4 is 4.74 Å². The van der Waals surface area contributed by atoms with Crippen molar-refractivity contribution in [3.05, 3.63) is 29.8 Å². The Balaban J connectivity index is 3.26. The van der Waals surface area contributed by atoms with Crippen molar-refractivity contribution in [2.24, 2.45) is 27.1 Å². The molecule has 0 amide bonds. The maximum atomic E-state index is 13.4. The molecule has 0 saturated heterocycles. The molecule has 0 N–H and O–H groups in total. The highest BCUT2D eigenvalue weighted by Gasteiger charge is 2.52. The van der Waals surface area contributed by atoms with Crippen LogP contribution in [0, 0.1) is 27.1 Å². The zero-order valence-electron chi connectivity index (χ0n) is 29.1. The average molecular weight is 621 g/mol. The highest BCUT2D eigenvalue weighted by molar-refractivity contribution is 5.88. The van der Waals surface area contributed by atoms with Gasteiger partial charge < -0.3 is 23.7 Å². The van der Waals surface area contributed by atoms with Crippen molar-refractivity contribution in [3.63, 3.8) is 0 Å². The van der Waals surface area contributed by atoms with E-state index >= 15 is 0 Å². The largest absolute Gasteiger partial charge is 0.493 e. The molecule has 0 bridgehead atoms. The van der Waals surface area contributed by atoms with Crippen LogP contribution in [0.2, 0.25) is 0 Å². The SMILES string of the molecule is CCCCCc1ccc(OCC(CC)(COC(=O)C(C)(C)C(C)(C)C(=O)OC)COC(=O)C(C)(C)C(C)(C)C(=O)OC)cc1. The van der Waals surface area contributed by atoms with E-state index in [-0.39, 0.29) is 19.8 Å². The summed E-state index contributed by atoms with van der Waals surface area (Å²) in [4.78, 5) is 51.8. The molecule has 1 rings (SSSR count). The van der Waals surface area contributed by atoms with Gasteiger partial charge in [-0.25, -0.2) is 0 Å². The number of methoxy groups -OCH3 is 2. The molecule has 250 valence electrons. The Labute approximate surface area is 264 Å². The van der Waals surface area contributed by atoms with Gasteiger partial charge in [-0.3, -0.25) is 19.2 Å². The predicted molar refractivity (Wildman–Crippen MR) is 169 cm³/mol. The number of carbonyl (C=O) groups is 4. The summed E-state index contributed by atoms with van der Waals surface area (Å²) in [6, 6.07) is 7.88. The summed E-state index contributed by atoms with van der Waals surface area (Å²) in [6.07, 6.45) is 4.89. The van der Waals surface area contributed by atoms with Gasteiger partial charge in [0.25, 0.3) is 0 Å². The molecule has 1 aromatic carbocycles. The fourth-order valence-electron chi connectivity index (χ4n) is 4.33. The van der Waals surface area contributed by atoms with Crippen LogP contribution in [0.15, 0.2) is 24.3 Å². The van der Waals surface area contributed by atoms with E-state index in [0.717, 1.165) is 19.3 Å². The molecule has 0 radical (unpaired) electrons. The molecular formula is C35H56O9. The van der Waals surface area contributed by atoms with E-state index in [1.807, 2.05) is 31.2 Å². The van der Waals surface area contributed by atoms with Crippen LogP contribution in [-0.2, 0) is 44.5 Å². The topological polar surface area (TPSA) is 114 Å². The molecular weight excluding hydrogens is 564 g/mol. The molecule has 44 heavy (non-hydrogen) atoms. The Morgan fingerprint density at radius 1 is 0.591 bits per heavy atom. The minimum absolute atomic E-state index is 0.0842. The van der Waals surface area contributed by atoms with Crippen molar-refractivity contribution in [2.75, 3.05) is 34.0 Å². The molecule has 0 heterocycles. The summed E-state index contributed by atoms with van der Waals surface area (Å²) >= 11 is 0. The van der Waals surface area contributed by atoms with Crippen LogP contribution in [0.3, 0.4) is 0 Å². The van der Waals surface area contributed by atoms with Crippen molar-refractivity contribution in [3.8, 4) is 5.75 Å². The minimum atomic E-state index is -1.22. The van der Waals surface area contributed by atoms with E-state index in [1.165, 1.54) is 26.2 Å². The summed E-state index contributed by atoms with van der Waals surface area (Å²) < 4.78 is 27.8. The number of rotatable bonds is 18. The van der Waals surface area contributed by atoms with E-state index in [1.54, 1.807) is 55.4 Å². The fourth-order valence-corrected chi connectivity index (χ4v) is 4.33. The number of aryl methyl sites for hydroxylation is 1. The van der Waals surface area contributed by atoms with E-state index in [4.69, 9.17) is 23.7 Å². The molecule has 0 aliphatic heterocycles. The summed E-state index contributed by atoms with van der Waals surface area (Å²) in [5.41, 5.74) is -4.49. The highest BCUT2D eigenvalue weighted by Crippen LogP contribution is 2.42. The van der Waals surface area contributed by atoms with Gasteiger partial charge in [-0.05, 0) is 92.3 Å². The molecule has 0 spiro atoms. The van der Waals surface area contributed by atoms with Crippen LogP contribution in [0.4, 0.5) is 0 Å². The van der Waals surface area contributed by atoms with Crippen molar-refractivity contribution in [1.29, 1.82) is 0 Å². The molecule has 1 aromatic rings. The number of hydrogen-bond donors (Lipinski definition) is 0. The summed E-state index contributed by atoms with van der Waals surface area (Å²) in [6.45, 7) is 17.0. The lowest BCUT2D eigenvalue weighted by molar-refractivity contribution is -0.182. The zero-order chi connectivity index (χ0) is 34.0. The summed E-state index contributed by atoms with van der Waals surface area (Å²) in [7, 11) is 2.56. The minimum Gasteiger partial charge on any atom is -0.493 e. The average Bonchev–Trinajstić information content (AvgIpc) is 2.99. The van der Waals surface area contributed by atoms with Gasteiger partial charge in [-0.15, -0.1) is 0 Å². The third-order valence-electron chi connectivity index (χ3n) is 9.84. The van der Waals surface area contributed by atoms with Gasteiger partial charge in [0.1, 0.15) is 25.6 Å². The predicted octanol–water partition coefficient (Wildman–Crippen LogP) is 6.73. The number of unbranched alkanes of at least 4 members (excludes halogenated alkanes) is 2. The second kappa shape index (κ2) is 15.8. The maximum absolute atomic E-state index is 13.4. The van der Waals surface area contributed by atoms with Crippen LogP contribution in [0.5, 0.6) is 5.75 Å². The number of carbonyl (C=O) groups excluding carboxylic acids is 4. The van der Waals surface area contributed by atoms with Crippen molar-refractivity contribution in [1.82, 2.24) is 0 Å². The lowest BCUT2D eigenvalue weighted by atomic mass is 9.68. The van der Waals surface area contributed by atoms with Crippen LogP contribution >= 0.6 is 0 Å². The van der Waals surface area contributed by atoms with Crippen molar-refractivity contribution >= 4 is 23.9 Å². The number of esters is 4. The van der Waals surface area contributed by atoms with Gasteiger partial charge in [0.15, 0.2) is 0 Å². The highest BCUT2D eigenvalue weighted by atomic mass is 16.6. The number of benzene rings is 1. The zero-order valence-corrected chi connectivity index (χ0v) is 29.1. The Morgan fingerprint density at radius 2 is 1.00 bits per heavy atom. The third kappa shape index (κ3) is 8.98. The first-order chi connectivity index (χ1) is 20.3. The second-order valence-electron chi connectivity index (χ2n) is 13.9. The Kier molecular flexibility index (Phi) is 13.9. The van der Waals surface area contributed by atoms with Gasteiger partial charge in [0.05, 0.1) is 41.3 Å². The van der Waals surface area contributed by atoms with Crippen LogP contribution in [-0.4, -0.2) is 57.9 Å². The standard InChI is InChI=1S/C35H56O9/c1-13-15-16-17-25-18-20-26(21-19-25)42-22-35(14-2,23-43-29(38)33(7,8)31(3,4)27(36)40-11)24-44-30(39)34(9,10)32(5,6)28(37)41-12/h18-21H,13-17,22-24H2,1-12H3.